The van der Waals surface area contributed by atoms with Gasteiger partial charge in [-0.25, -0.2) is 0 Å². The summed E-state index contributed by atoms with van der Waals surface area (Å²) in [5, 5.41) is 9.44. The molecule has 0 spiro atoms. The second-order valence-corrected chi connectivity index (χ2v) is 4.23. The van der Waals surface area contributed by atoms with Crippen molar-refractivity contribution in [2.24, 2.45) is 0 Å². The largest absolute Gasteiger partial charge is 0.493 e. The van der Waals surface area contributed by atoms with E-state index in [0.717, 1.165) is 19.1 Å². The van der Waals surface area contributed by atoms with Crippen molar-refractivity contribution >= 4 is 6.29 Å². The maximum atomic E-state index is 10.7. The smallest absolute Gasteiger partial charge is 0.162 e. The van der Waals surface area contributed by atoms with Crippen LogP contribution in [0, 0.1) is 0 Å². The molecule has 0 heterocycles. The molecule has 1 fully saturated rings. The van der Waals surface area contributed by atoms with Crippen LogP contribution in [0.25, 0.3) is 0 Å². The third-order valence-corrected chi connectivity index (χ3v) is 2.97. The summed E-state index contributed by atoms with van der Waals surface area (Å²) in [6.07, 6.45) is 2.72. The minimum atomic E-state index is -0.278. The first-order valence-electron chi connectivity index (χ1n) is 5.71. The zero-order chi connectivity index (χ0) is 12.3. The lowest BCUT2D eigenvalue weighted by molar-refractivity contribution is 0.112. The fraction of sp³-hybridized carbons (Fsp3) is 0.462. The molecule has 17 heavy (non-hydrogen) atoms. The molecule has 0 bridgehead atoms. The van der Waals surface area contributed by atoms with E-state index in [4.69, 9.17) is 9.47 Å². The van der Waals surface area contributed by atoms with E-state index in [0.29, 0.717) is 23.5 Å². The molecular formula is C13H16O4. The van der Waals surface area contributed by atoms with Crippen molar-refractivity contribution in [3.63, 3.8) is 0 Å². The molecule has 0 amide bonds. The van der Waals surface area contributed by atoms with Gasteiger partial charge in [0.1, 0.15) is 12.4 Å². The first kappa shape index (κ1) is 11.9. The molecule has 1 saturated carbocycles. The summed E-state index contributed by atoms with van der Waals surface area (Å²) >= 11 is 0. The molecule has 2 rings (SSSR count). The molecule has 1 N–H and O–H groups in total. The van der Waals surface area contributed by atoms with E-state index in [1.54, 1.807) is 25.3 Å². The van der Waals surface area contributed by atoms with Gasteiger partial charge >= 0.3 is 0 Å². The standard InChI is InChI=1S/C13H16O4/c1-16-12-5-2-9(8-14)6-13(12)17-11-4-3-10(15)7-11/h2,5-6,8,10-11,15H,3-4,7H2,1H3. The monoisotopic (exact) mass is 236 g/mol. The molecule has 1 aromatic carbocycles. The lowest BCUT2D eigenvalue weighted by atomic mass is 10.2. The Balaban J connectivity index is 2.15. The number of carbonyl (C=O) groups is 1. The Morgan fingerprint density at radius 1 is 1.35 bits per heavy atom. The maximum Gasteiger partial charge on any atom is 0.162 e. The average Bonchev–Trinajstić information content (AvgIpc) is 2.74. The molecule has 4 heteroatoms. The molecule has 0 radical (unpaired) electrons. The van der Waals surface area contributed by atoms with Gasteiger partial charge in [-0.15, -0.1) is 0 Å². The van der Waals surface area contributed by atoms with Crippen LogP contribution < -0.4 is 9.47 Å². The van der Waals surface area contributed by atoms with Crippen molar-refractivity contribution in [1.82, 2.24) is 0 Å². The second kappa shape index (κ2) is 5.19. The van der Waals surface area contributed by atoms with Crippen LogP contribution in [0.2, 0.25) is 0 Å². The van der Waals surface area contributed by atoms with E-state index in [9.17, 15) is 9.90 Å². The van der Waals surface area contributed by atoms with E-state index in [2.05, 4.69) is 0 Å². The summed E-state index contributed by atoms with van der Waals surface area (Å²) in [5.74, 6) is 1.17. The van der Waals surface area contributed by atoms with Crippen LogP contribution in [0.5, 0.6) is 11.5 Å². The van der Waals surface area contributed by atoms with E-state index in [1.165, 1.54) is 0 Å². The van der Waals surface area contributed by atoms with Crippen LogP contribution in [0.15, 0.2) is 18.2 Å². The summed E-state index contributed by atoms with van der Waals surface area (Å²) in [4.78, 5) is 10.7. The van der Waals surface area contributed by atoms with Crippen LogP contribution in [-0.2, 0) is 0 Å². The van der Waals surface area contributed by atoms with Crippen molar-refractivity contribution < 1.29 is 19.4 Å². The molecular weight excluding hydrogens is 220 g/mol. The molecule has 1 aromatic rings. The van der Waals surface area contributed by atoms with Gasteiger partial charge in [0.2, 0.25) is 0 Å². The third kappa shape index (κ3) is 2.77. The van der Waals surface area contributed by atoms with Gasteiger partial charge < -0.3 is 14.6 Å². The summed E-state index contributed by atoms with van der Waals surface area (Å²) < 4.78 is 10.9. The Morgan fingerprint density at radius 3 is 2.76 bits per heavy atom. The number of aliphatic hydroxyl groups excluding tert-OH is 1. The van der Waals surface area contributed by atoms with E-state index < -0.39 is 0 Å². The number of aliphatic hydroxyl groups is 1. The molecule has 92 valence electrons. The fourth-order valence-corrected chi connectivity index (χ4v) is 2.06. The van der Waals surface area contributed by atoms with Crippen molar-refractivity contribution in [1.29, 1.82) is 0 Å². The van der Waals surface area contributed by atoms with Gasteiger partial charge in [0, 0.05) is 12.0 Å². The number of hydrogen-bond acceptors (Lipinski definition) is 4. The fourth-order valence-electron chi connectivity index (χ4n) is 2.06. The minimum absolute atomic E-state index is 0.000743. The topological polar surface area (TPSA) is 55.8 Å². The Morgan fingerprint density at radius 2 is 2.18 bits per heavy atom. The van der Waals surface area contributed by atoms with E-state index >= 15 is 0 Å². The van der Waals surface area contributed by atoms with E-state index in [-0.39, 0.29) is 12.2 Å². The van der Waals surface area contributed by atoms with Crippen molar-refractivity contribution in [2.75, 3.05) is 7.11 Å². The Labute approximate surface area is 100 Å². The number of hydrogen-bond donors (Lipinski definition) is 1. The number of ether oxygens (including phenoxy) is 2. The zero-order valence-electron chi connectivity index (χ0n) is 9.76. The highest BCUT2D eigenvalue weighted by molar-refractivity contribution is 5.76. The predicted octanol–water partition coefficient (Wildman–Crippen LogP) is 1.80. The molecule has 2 unspecified atom stereocenters. The molecule has 2 atom stereocenters. The highest BCUT2D eigenvalue weighted by Gasteiger charge is 2.25. The third-order valence-electron chi connectivity index (χ3n) is 2.97. The normalized spacial score (nSPS) is 23.4. The highest BCUT2D eigenvalue weighted by Crippen LogP contribution is 2.32. The quantitative estimate of drug-likeness (QED) is 0.810. The van der Waals surface area contributed by atoms with Gasteiger partial charge in [0.15, 0.2) is 11.5 Å². The molecule has 0 aliphatic heterocycles. The van der Waals surface area contributed by atoms with Crippen LogP contribution in [0.3, 0.4) is 0 Å². The van der Waals surface area contributed by atoms with Crippen LogP contribution in [0.4, 0.5) is 0 Å². The lowest BCUT2D eigenvalue weighted by Crippen LogP contribution is -2.14. The molecule has 0 saturated heterocycles. The van der Waals surface area contributed by atoms with Gasteiger partial charge in [-0.3, -0.25) is 4.79 Å². The Kier molecular flexibility index (Phi) is 3.64. The van der Waals surface area contributed by atoms with E-state index in [1.807, 2.05) is 0 Å². The Bertz CT molecular complexity index is 402. The van der Waals surface area contributed by atoms with Crippen molar-refractivity contribution in [2.45, 2.75) is 31.5 Å². The summed E-state index contributed by atoms with van der Waals surface area (Å²) in [6, 6.07) is 5.06. The number of rotatable bonds is 4. The first-order valence-corrected chi connectivity index (χ1v) is 5.71. The number of methoxy groups -OCH3 is 1. The van der Waals surface area contributed by atoms with Gasteiger partial charge in [-0.1, -0.05) is 0 Å². The number of benzene rings is 1. The van der Waals surface area contributed by atoms with Gasteiger partial charge in [-0.05, 0) is 31.0 Å². The van der Waals surface area contributed by atoms with Crippen molar-refractivity contribution in [3.8, 4) is 11.5 Å². The Hall–Kier alpha value is -1.55. The molecule has 0 aromatic heterocycles. The SMILES string of the molecule is COc1ccc(C=O)cc1OC1CCC(O)C1. The second-order valence-electron chi connectivity index (χ2n) is 4.23. The average molecular weight is 236 g/mol. The van der Waals surface area contributed by atoms with Crippen LogP contribution in [0.1, 0.15) is 29.6 Å². The first-order chi connectivity index (χ1) is 8.22. The molecule has 4 nitrogen and oxygen atoms in total. The minimum Gasteiger partial charge on any atom is -0.493 e. The highest BCUT2D eigenvalue weighted by atomic mass is 16.5. The van der Waals surface area contributed by atoms with Crippen molar-refractivity contribution in [3.05, 3.63) is 23.8 Å². The summed E-state index contributed by atoms with van der Waals surface area (Å²) in [5.41, 5.74) is 0.555. The van der Waals surface area contributed by atoms with Crippen LogP contribution >= 0.6 is 0 Å². The van der Waals surface area contributed by atoms with Gasteiger partial charge in [0.25, 0.3) is 0 Å². The molecule has 1 aliphatic rings. The number of carbonyl (C=O) groups excluding carboxylic acids is 1. The van der Waals surface area contributed by atoms with Gasteiger partial charge in [0.05, 0.1) is 13.2 Å². The van der Waals surface area contributed by atoms with Gasteiger partial charge in [-0.2, -0.15) is 0 Å². The summed E-state index contributed by atoms with van der Waals surface area (Å²) in [6.45, 7) is 0. The predicted molar refractivity (Wildman–Crippen MR) is 62.7 cm³/mol. The zero-order valence-corrected chi connectivity index (χ0v) is 9.76. The lowest BCUT2D eigenvalue weighted by Gasteiger charge is -2.16. The van der Waals surface area contributed by atoms with Crippen LogP contribution in [-0.4, -0.2) is 30.7 Å². The maximum absolute atomic E-state index is 10.7. The number of aldehydes is 1. The molecule has 1 aliphatic carbocycles. The summed E-state index contributed by atoms with van der Waals surface area (Å²) in [7, 11) is 1.56.